The largest absolute Gasteiger partial charge is 0.462 e. The summed E-state index contributed by atoms with van der Waals surface area (Å²) >= 11 is 0. The van der Waals surface area contributed by atoms with Crippen LogP contribution in [0.3, 0.4) is 0 Å². The molecule has 69 heavy (non-hydrogen) atoms. The van der Waals surface area contributed by atoms with Gasteiger partial charge >= 0.3 is 5.97 Å². The number of carbonyl (C=O) groups excluding carboxylic acids is 2. The highest BCUT2D eigenvalue weighted by atomic mass is 16.5. The van der Waals surface area contributed by atoms with Crippen molar-refractivity contribution in [1.82, 2.24) is 5.32 Å². The van der Waals surface area contributed by atoms with Crippen molar-refractivity contribution in [1.29, 1.82) is 0 Å². The molecule has 3 atom stereocenters. The molecule has 0 aliphatic rings. The minimum Gasteiger partial charge on any atom is -0.462 e. The molecule has 0 bridgehead atoms. The first-order valence-corrected chi connectivity index (χ1v) is 30.1. The predicted molar refractivity (Wildman–Crippen MR) is 301 cm³/mol. The zero-order chi connectivity index (χ0) is 50.2. The van der Waals surface area contributed by atoms with E-state index in [0.717, 1.165) is 83.5 Å². The van der Waals surface area contributed by atoms with E-state index in [1.54, 1.807) is 0 Å². The van der Waals surface area contributed by atoms with Crippen molar-refractivity contribution in [2.45, 2.75) is 322 Å². The number of nitrogens with one attached hydrogen (secondary N) is 1. The van der Waals surface area contributed by atoms with Gasteiger partial charge in [0.15, 0.2) is 0 Å². The van der Waals surface area contributed by atoms with Crippen LogP contribution in [0.2, 0.25) is 0 Å². The Kier molecular flexibility index (Phi) is 54.5. The molecule has 0 radical (unpaired) electrons. The Labute approximate surface area is 428 Å². The van der Waals surface area contributed by atoms with Gasteiger partial charge in [0.05, 0.1) is 25.2 Å². The Bertz CT molecular complexity index is 1220. The second-order valence-electron chi connectivity index (χ2n) is 20.5. The van der Waals surface area contributed by atoms with Gasteiger partial charge in [-0.25, -0.2) is 0 Å². The number of amides is 1. The van der Waals surface area contributed by atoms with Crippen LogP contribution in [0.4, 0.5) is 0 Å². The lowest BCUT2D eigenvalue weighted by Crippen LogP contribution is -2.46. The summed E-state index contributed by atoms with van der Waals surface area (Å²) < 4.78 is 5.96. The monoisotopic (exact) mass is 966 g/mol. The highest BCUT2D eigenvalue weighted by Gasteiger charge is 2.24. The van der Waals surface area contributed by atoms with Gasteiger partial charge in [0.2, 0.25) is 5.91 Å². The molecule has 3 unspecified atom stereocenters. The number of allylic oxidation sites excluding steroid dienone is 10. The summed E-state index contributed by atoms with van der Waals surface area (Å²) in [7, 11) is 0. The smallest absolute Gasteiger partial charge is 0.306 e. The SMILES string of the molecule is CCCCC/C=C/C=C/C=C/C=C/CCCCCCCC(=O)OC(CCCCCCCCC/C=C/CCCCCCCC)CC(=O)NC(CO)C(O)CCCCCCCCCCCCCCCCC. The van der Waals surface area contributed by atoms with Crippen molar-refractivity contribution in [3.63, 3.8) is 0 Å². The van der Waals surface area contributed by atoms with Crippen LogP contribution < -0.4 is 5.32 Å². The third-order valence-electron chi connectivity index (χ3n) is 13.7. The molecule has 6 nitrogen and oxygen atoms in total. The number of hydrogen-bond acceptors (Lipinski definition) is 5. The lowest BCUT2D eigenvalue weighted by Gasteiger charge is -2.24. The minimum atomic E-state index is -0.796. The quantitative estimate of drug-likeness (QED) is 0.0244. The topological polar surface area (TPSA) is 95.9 Å². The Morgan fingerprint density at radius 2 is 0.754 bits per heavy atom. The van der Waals surface area contributed by atoms with Crippen LogP contribution in [0.25, 0.3) is 0 Å². The van der Waals surface area contributed by atoms with E-state index in [9.17, 15) is 19.8 Å². The molecule has 0 aromatic carbocycles. The zero-order valence-corrected chi connectivity index (χ0v) is 45.9. The maximum absolute atomic E-state index is 13.3. The maximum Gasteiger partial charge on any atom is 0.306 e. The Morgan fingerprint density at radius 1 is 0.420 bits per heavy atom. The van der Waals surface area contributed by atoms with Crippen LogP contribution in [0, 0.1) is 0 Å². The van der Waals surface area contributed by atoms with Crippen LogP contribution in [-0.4, -0.2) is 46.9 Å². The van der Waals surface area contributed by atoms with E-state index in [4.69, 9.17) is 4.74 Å². The molecule has 0 rings (SSSR count). The second-order valence-corrected chi connectivity index (χ2v) is 20.5. The standard InChI is InChI=1S/C63H115NO5/c1-4-7-10-13-16-19-22-25-28-30-32-35-38-41-44-47-50-53-56-63(68)69-59(54-51-48-45-42-39-36-34-31-29-26-23-20-17-14-11-8-5-2)57-62(67)64-60(58-65)61(66)55-52-49-46-43-40-37-33-27-24-21-18-15-12-9-6-3/h16,19,22,25-26,28-30,32,35,59-61,65-66H,4-15,17-18,20-21,23-24,27,31,33-34,36-58H2,1-3H3,(H,64,67)/b19-16+,25-22+,29-26+,30-28+,35-32+. The van der Waals surface area contributed by atoms with Crippen molar-refractivity contribution < 1.29 is 24.5 Å². The first kappa shape index (κ1) is 66.6. The molecule has 402 valence electrons. The molecule has 0 aromatic heterocycles. The number of esters is 1. The number of aliphatic hydroxyl groups excluding tert-OH is 2. The Morgan fingerprint density at radius 3 is 1.19 bits per heavy atom. The molecule has 0 fully saturated rings. The average Bonchev–Trinajstić information content (AvgIpc) is 3.34. The summed E-state index contributed by atoms with van der Waals surface area (Å²) in [5, 5.41) is 23.9. The van der Waals surface area contributed by atoms with Crippen LogP contribution in [0.15, 0.2) is 60.8 Å². The second kappa shape index (κ2) is 56.5. The summed E-state index contributed by atoms with van der Waals surface area (Å²) in [4.78, 5) is 26.3. The molecule has 1 amide bonds. The Hall–Kier alpha value is -2.44. The van der Waals surface area contributed by atoms with Gasteiger partial charge in [-0.1, -0.05) is 274 Å². The van der Waals surface area contributed by atoms with Crippen molar-refractivity contribution >= 4 is 11.9 Å². The fourth-order valence-electron chi connectivity index (χ4n) is 9.09. The summed E-state index contributed by atoms with van der Waals surface area (Å²) in [6, 6.07) is -0.710. The van der Waals surface area contributed by atoms with Gasteiger partial charge < -0.3 is 20.3 Å². The van der Waals surface area contributed by atoms with E-state index in [1.807, 2.05) is 0 Å². The summed E-state index contributed by atoms with van der Waals surface area (Å²) in [5.74, 6) is -0.494. The van der Waals surface area contributed by atoms with E-state index >= 15 is 0 Å². The highest BCUT2D eigenvalue weighted by Crippen LogP contribution is 2.18. The lowest BCUT2D eigenvalue weighted by atomic mass is 10.0. The minimum absolute atomic E-state index is 0.0649. The van der Waals surface area contributed by atoms with Gasteiger partial charge in [0.25, 0.3) is 0 Å². The molecule has 0 aliphatic heterocycles. The molecule has 3 N–H and O–H groups in total. The molecule has 6 heteroatoms. The van der Waals surface area contributed by atoms with Crippen LogP contribution >= 0.6 is 0 Å². The molecule has 0 aliphatic carbocycles. The molecule has 0 saturated heterocycles. The van der Waals surface area contributed by atoms with Crippen LogP contribution in [0.1, 0.15) is 303 Å². The van der Waals surface area contributed by atoms with E-state index in [0.29, 0.717) is 19.3 Å². The van der Waals surface area contributed by atoms with E-state index < -0.39 is 18.2 Å². The van der Waals surface area contributed by atoms with Gasteiger partial charge in [-0.05, 0) is 77.0 Å². The Balaban J connectivity index is 4.61. The lowest BCUT2D eigenvalue weighted by molar-refractivity contribution is -0.151. The number of hydrogen-bond donors (Lipinski definition) is 3. The number of rotatable bonds is 54. The third-order valence-corrected chi connectivity index (χ3v) is 13.7. The zero-order valence-electron chi connectivity index (χ0n) is 45.9. The summed E-state index contributed by atoms with van der Waals surface area (Å²) in [6.07, 6.45) is 71.4. The van der Waals surface area contributed by atoms with Crippen LogP contribution in [0.5, 0.6) is 0 Å². The predicted octanol–water partition coefficient (Wildman–Crippen LogP) is 18.7. The molecule has 0 aromatic rings. The van der Waals surface area contributed by atoms with Crippen molar-refractivity contribution in [3.8, 4) is 0 Å². The van der Waals surface area contributed by atoms with Crippen molar-refractivity contribution in [2.24, 2.45) is 0 Å². The van der Waals surface area contributed by atoms with E-state index in [-0.39, 0.29) is 24.9 Å². The van der Waals surface area contributed by atoms with Crippen molar-refractivity contribution in [2.75, 3.05) is 6.61 Å². The summed E-state index contributed by atoms with van der Waals surface area (Å²) in [5.41, 5.74) is 0. The van der Waals surface area contributed by atoms with Gasteiger partial charge in [0, 0.05) is 6.42 Å². The fraction of sp³-hybridized carbons (Fsp3) is 0.810. The first-order chi connectivity index (χ1) is 34.0. The van der Waals surface area contributed by atoms with Gasteiger partial charge in [-0.15, -0.1) is 0 Å². The van der Waals surface area contributed by atoms with Crippen LogP contribution in [-0.2, 0) is 14.3 Å². The van der Waals surface area contributed by atoms with Gasteiger partial charge in [-0.3, -0.25) is 9.59 Å². The molecular formula is C63H115NO5. The van der Waals surface area contributed by atoms with Crippen molar-refractivity contribution in [3.05, 3.63) is 60.8 Å². The number of ether oxygens (including phenoxy) is 1. The van der Waals surface area contributed by atoms with E-state index in [1.165, 1.54) is 173 Å². The molecule has 0 saturated carbocycles. The normalized spacial score (nSPS) is 13.5. The van der Waals surface area contributed by atoms with E-state index in [2.05, 4.69) is 86.8 Å². The molecule has 0 heterocycles. The van der Waals surface area contributed by atoms with Gasteiger partial charge in [0.1, 0.15) is 6.10 Å². The number of aliphatic hydroxyl groups is 2. The average molecular weight is 967 g/mol. The molecular weight excluding hydrogens is 851 g/mol. The fourth-order valence-corrected chi connectivity index (χ4v) is 9.09. The highest BCUT2D eigenvalue weighted by molar-refractivity contribution is 5.77. The first-order valence-electron chi connectivity index (χ1n) is 30.1. The summed E-state index contributed by atoms with van der Waals surface area (Å²) in [6.45, 7) is 6.47. The number of carbonyl (C=O) groups is 2. The number of unbranched alkanes of at least 4 members (excludes halogenated alkanes) is 35. The maximum atomic E-state index is 13.3. The molecule has 0 spiro atoms. The van der Waals surface area contributed by atoms with Gasteiger partial charge in [-0.2, -0.15) is 0 Å². The third kappa shape index (κ3) is 51.7.